The van der Waals surface area contributed by atoms with Crippen LogP contribution in [0, 0.1) is 0 Å². The molecule has 3 aromatic heterocycles. The van der Waals surface area contributed by atoms with Gasteiger partial charge in [0.2, 0.25) is 0 Å². The Labute approximate surface area is 133 Å². The predicted molar refractivity (Wildman–Crippen MR) is 89.8 cm³/mol. The molecule has 0 atom stereocenters. The molecular formula is C19H15N3O. The number of nitrogens with zero attached hydrogens (tertiary/aromatic N) is 3. The number of hydrogen-bond donors (Lipinski definition) is 1. The van der Waals surface area contributed by atoms with Gasteiger partial charge < -0.3 is 9.51 Å². The number of fused-ring (bicyclic) bond motifs is 1. The van der Waals surface area contributed by atoms with E-state index in [4.69, 9.17) is 0 Å². The fourth-order valence-corrected chi connectivity index (χ4v) is 2.75. The van der Waals surface area contributed by atoms with Crippen LogP contribution in [-0.4, -0.2) is 19.5 Å². The Kier molecular flexibility index (Phi) is 3.37. The molecule has 4 heteroatoms. The first-order chi connectivity index (χ1) is 11.3. The first kappa shape index (κ1) is 13.7. The number of aromatic nitrogens is 3. The zero-order valence-corrected chi connectivity index (χ0v) is 12.4. The first-order valence-electron chi connectivity index (χ1n) is 7.41. The molecule has 4 aromatic rings. The molecule has 4 rings (SSSR count). The van der Waals surface area contributed by atoms with E-state index in [1.807, 2.05) is 53.2 Å². The van der Waals surface area contributed by atoms with E-state index in [1.165, 1.54) is 0 Å². The third kappa shape index (κ3) is 2.49. The van der Waals surface area contributed by atoms with Gasteiger partial charge in [-0.05, 0) is 28.8 Å². The van der Waals surface area contributed by atoms with Crippen molar-refractivity contribution in [3.63, 3.8) is 0 Å². The van der Waals surface area contributed by atoms with Crippen LogP contribution >= 0.6 is 0 Å². The lowest BCUT2D eigenvalue weighted by molar-refractivity contribution is 0.282. The van der Waals surface area contributed by atoms with Crippen LogP contribution in [0.1, 0.15) is 5.56 Å². The molecule has 0 radical (unpaired) electrons. The average molecular weight is 301 g/mol. The Hall–Kier alpha value is -2.98. The van der Waals surface area contributed by atoms with Crippen molar-refractivity contribution >= 4 is 5.52 Å². The van der Waals surface area contributed by atoms with Gasteiger partial charge in [-0.3, -0.25) is 4.98 Å². The smallest absolute Gasteiger partial charge is 0.0992 e. The van der Waals surface area contributed by atoms with Gasteiger partial charge in [-0.15, -0.1) is 0 Å². The summed E-state index contributed by atoms with van der Waals surface area (Å²) in [6.45, 7) is 0.0573. The minimum absolute atomic E-state index is 0.0573. The van der Waals surface area contributed by atoms with Gasteiger partial charge in [-0.1, -0.05) is 30.3 Å². The van der Waals surface area contributed by atoms with E-state index in [-0.39, 0.29) is 6.61 Å². The molecule has 0 aliphatic carbocycles. The highest BCUT2D eigenvalue weighted by molar-refractivity contribution is 5.83. The number of hydrogen-bond acceptors (Lipinski definition) is 3. The van der Waals surface area contributed by atoms with Crippen LogP contribution in [0.4, 0.5) is 0 Å². The van der Waals surface area contributed by atoms with Gasteiger partial charge in [0.1, 0.15) is 0 Å². The summed E-state index contributed by atoms with van der Waals surface area (Å²) in [5.41, 5.74) is 6.31. The molecule has 0 aliphatic heterocycles. The van der Waals surface area contributed by atoms with Crippen molar-refractivity contribution < 1.29 is 5.11 Å². The topological polar surface area (TPSA) is 50.4 Å². The molecule has 0 unspecified atom stereocenters. The second-order valence-electron chi connectivity index (χ2n) is 5.43. The van der Waals surface area contributed by atoms with Crippen LogP contribution in [0.2, 0.25) is 0 Å². The summed E-state index contributed by atoms with van der Waals surface area (Å²) in [5, 5.41) is 9.19. The predicted octanol–water partition coefficient (Wildman–Crippen LogP) is 3.56. The zero-order valence-electron chi connectivity index (χ0n) is 12.4. The Morgan fingerprint density at radius 3 is 2.52 bits per heavy atom. The maximum Gasteiger partial charge on any atom is 0.0992 e. The first-order valence-corrected chi connectivity index (χ1v) is 7.41. The Morgan fingerprint density at radius 2 is 1.78 bits per heavy atom. The van der Waals surface area contributed by atoms with E-state index >= 15 is 0 Å². The van der Waals surface area contributed by atoms with Crippen LogP contribution in [0.15, 0.2) is 73.6 Å². The van der Waals surface area contributed by atoms with Crippen molar-refractivity contribution in [3.8, 4) is 22.3 Å². The van der Waals surface area contributed by atoms with Gasteiger partial charge in [0, 0.05) is 29.7 Å². The SMILES string of the molecule is OCc1ccc(-c2cc(-c3cccnc3)c3cncn3c2)cc1. The van der Waals surface area contributed by atoms with E-state index in [0.29, 0.717) is 0 Å². The zero-order chi connectivity index (χ0) is 15.6. The second-order valence-corrected chi connectivity index (χ2v) is 5.43. The molecule has 112 valence electrons. The lowest BCUT2D eigenvalue weighted by atomic mass is 10.0. The van der Waals surface area contributed by atoms with Crippen molar-refractivity contribution in [2.24, 2.45) is 0 Å². The Balaban J connectivity index is 1.91. The number of aliphatic hydroxyl groups excluding tert-OH is 1. The van der Waals surface area contributed by atoms with Gasteiger partial charge in [-0.2, -0.15) is 0 Å². The third-order valence-electron chi connectivity index (χ3n) is 3.96. The van der Waals surface area contributed by atoms with Crippen molar-refractivity contribution in [1.29, 1.82) is 0 Å². The summed E-state index contributed by atoms with van der Waals surface area (Å²) in [6.07, 6.45) is 9.37. The molecule has 0 spiro atoms. The minimum Gasteiger partial charge on any atom is -0.392 e. The van der Waals surface area contributed by atoms with Crippen molar-refractivity contribution in [3.05, 3.63) is 79.1 Å². The van der Waals surface area contributed by atoms with Crippen molar-refractivity contribution in [1.82, 2.24) is 14.4 Å². The Bertz CT molecular complexity index is 943. The van der Waals surface area contributed by atoms with Gasteiger partial charge in [-0.25, -0.2) is 4.98 Å². The lowest BCUT2D eigenvalue weighted by Gasteiger charge is -2.09. The normalized spacial score (nSPS) is 11.0. The molecule has 1 aromatic carbocycles. The maximum atomic E-state index is 9.19. The average Bonchev–Trinajstić information content (AvgIpc) is 3.10. The van der Waals surface area contributed by atoms with Gasteiger partial charge >= 0.3 is 0 Å². The second kappa shape index (κ2) is 5.66. The van der Waals surface area contributed by atoms with Crippen LogP contribution in [0.5, 0.6) is 0 Å². The molecule has 23 heavy (non-hydrogen) atoms. The lowest BCUT2D eigenvalue weighted by Crippen LogP contribution is -1.91. The Morgan fingerprint density at radius 1 is 0.913 bits per heavy atom. The van der Waals surface area contributed by atoms with Gasteiger partial charge in [0.05, 0.1) is 24.6 Å². The van der Waals surface area contributed by atoms with Crippen LogP contribution in [0.3, 0.4) is 0 Å². The van der Waals surface area contributed by atoms with Gasteiger partial charge in [0.25, 0.3) is 0 Å². The summed E-state index contributed by atoms with van der Waals surface area (Å²) in [7, 11) is 0. The highest BCUT2D eigenvalue weighted by Crippen LogP contribution is 2.30. The largest absolute Gasteiger partial charge is 0.392 e. The summed E-state index contributed by atoms with van der Waals surface area (Å²) in [6, 6.07) is 14.1. The number of imidazole rings is 1. The number of benzene rings is 1. The monoisotopic (exact) mass is 301 g/mol. The quantitative estimate of drug-likeness (QED) is 0.629. The third-order valence-corrected chi connectivity index (χ3v) is 3.96. The van der Waals surface area contributed by atoms with Crippen molar-refractivity contribution in [2.75, 3.05) is 0 Å². The van der Waals surface area contributed by atoms with Crippen LogP contribution in [-0.2, 0) is 6.61 Å². The van der Waals surface area contributed by atoms with E-state index < -0.39 is 0 Å². The molecule has 0 aliphatic rings. The highest BCUT2D eigenvalue weighted by atomic mass is 16.3. The molecule has 3 heterocycles. The number of pyridine rings is 2. The minimum atomic E-state index is 0.0573. The van der Waals surface area contributed by atoms with E-state index in [9.17, 15) is 5.11 Å². The van der Waals surface area contributed by atoms with Gasteiger partial charge in [0.15, 0.2) is 0 Å². The maximum absolute atomic E-state index is 9.19. The van der Waals surface area contributed by atoms with E-state index in [1.54, 1.807) is 12.5 Å². The molecule has 0 fully saturated rings. The highest BCUT2D eigenvalue weighted by Gasteiger charge is 2.09. The summed E-state index contributed by atoms with van der Waals surface area (Å²) in [4.78, 5) is 8.48. The molecule has 0 bridgehead atoms. The molecule has 0 amide bonds. The molecule has 1 N–H and O–H groups in total. The summed E-state index contributed by atoms with van der Waals surface area (Å²) < 4.78 is 2.03. The fourth-order valence-electron chi connectivity index (χ4n) is 2.75. The molecule has 4 nitrogen and oxygen atoms in total. The summed E-state index contributed by atoms with van der Waals surface area (Å²) >= 11 is 0. The molecular weight excluding hydrogens is 286 g/mol. The molecule has 0 saturated heterocycles. The number of aliphatic hydroxyl groups is 1. The van der Waals surface area contributed by atoms with E-state index in [0.717, 1.165) is 33.3 Å². The molecule has 0 saturated carbocycles. The van der Waals surface area contributed by atoms with E-state index in [2.05, 4.69) is 22.2 Å². The fraction of sp³-hybridized carbons (Fsp3) is 0.0526. The van der Waals surface area contributed by atoms with Crippen LogP contribution in [0.25, 0.3) is 27.8 Å². The van der Waals surface area contributed by atoms with Crippen molar-refractivity contribution in [2.45, 2.75) is 6.61 Å². The van der Waals surface area contributed by atoms with Crippen LogP contribution < -0.4 is 0 Å². The number of rotatable bonds is 3. The standard InChI is InChI=1S/C19H15N3O/c23-12-14-3-5-15(6-4-14)17-8-18(16-2-1-7-20-9-16)19-10-21-13-22(19)11-17/h1-11,13,23H,12H2. The summed E-state index contributed by atoms with van der Waals surface area (Å²) in [5.74, 6) is 0.